The van der Waals surface area contributed by atoms with Gasteiger partial charge in [0.15, 0.2) is 5.82 Å². The Morgan fingerprint density at radius 2 is 2.25 bits per heavy atom. The Hall–Kier alpha value is -1.14. The lowest BCUT2D eigenvalue weighted by Gasteiger charge is -2.11. The maximum atomic E-state index is 11.8. The van der Waals surface area contributed by atoms with Crippen LogP contribution >= 0.6 is 12.4 Å². The van der Waals surface area contributed by atoms with Crippen LogP contribution in [-0.4, -0.2) is 35.2 Å². The highest BCUT2D eigenvalue weighted by Gasteiger charge is 2.22. The SMILES string of the molecule is CC(C)(C)c1noc(CCNC(=O)C2CCCN2)n1.Cl. The zero-order valence-electron chi connectivity index (χ0n) is 12.2. The first-order valence-electron chi connectivity index (χ1n) is 6.81. The number of amides is 1. The van der Waals surface area contributed by atoms with Crippen LogP contribution in [0.15, 0.2) is 4.52 Å². The molecule has 2 heterocycles. The lowest BCUT2D eigenvalue weighted by Crippen LogP contribution is -2.41. The first kappa shape index (κ1) is 16.9. The maximum Gasteiger partial charge on any atom is 0.237 e. The molecule has 0 saturated carbocycles. The minimum Gasteiger partial charge on any atom is -0.354 e. The topological polar surface area (TPSA) is 80.0 Å². The van der Waals surface area contributed by atoms with Crippen molar-refractivity contribution >= 4 is 18.3 Å². The van der Waals surface area contributed by atoms with Crippen molar-refractivity contribution in [2.24, 2.45) is 0 Å². The Kier molecular flexibility index (Phi) is 5.95. The summed E-state index contributed by atoms with van der Waals surface area (Å²) in [5.74, 6) is 1.34. The van der Waals surface area contributed by atoms with Gasteiger partial charge in [-0.05, 0) is 19.4 Å². The van der Waals surface area contributed by atoms with E-state index in [4.69, 9.17) is 4.52 Å². The van der Waals surface area contributed by atoms with E-state index in [9.17, 15) is 4.79 Å². The molecule has 20 heavy (non-hydrogen) atoms. The maximum absolute atomic E-state index is 11.8. The Balaban J connectivity index is 0.00000200. The predicted molar refractivity (Wildman–Crippen MR) is 78.0 cm³/mol. The summed E-state index contributed by atoms with van der Waals surface area (Å²) >= 11 is 0. The number of nitrogens with zero attached hydrogens (tertiary/aromatic N) is 2. The normalized spacial score (nSPS) is 18.6. The number of nitrogens with one attached hydrogen (secondary N) is 2. The molecule has 2 N–H and O–H groups in total. The Labute approximate surface area is 125 Å². The number of carbonyl (C=O) groups excluding carboxylic acids is 1. The molecule has 114 valence electrons. The van der Waals surface area contributed by atoms with Crippen LogP contribution < -0.4 is 10.6 Å². The van der Waals surface area contributed by atoms with Gasteiger partial charge in [0.1, 0.15) is 0 Å². The van der Waals surface area contributed by atoms with Crippen LogP contribution in [0, 0.1) is 0 Å². The van der Waals surface area contributed by atoms with Crippen LogP contribution in [0.5, 0.6) is 0 Å². The fraction of sp³-hybridized carbons (Fsp3) is 0.769. The van der Waals surface area contributed by atoms with E-state index in [1.807, 2.05) is 20.8 Å². The molecule has 2 rings (SSSR count). The van der Waals surface area contributed by atoms with Crippen molar-refractivity contribution in [2.45, 2.75) is 51.5 Å². The number of hydrogen-bond acceptors (Lipinski definition) is 5. The van der Waals surface area contributed by atoms with Gasteiger partial charge in [-0.25, -0.2) is 0 Å². The lowest BCUT2D eigenvalue weighted by molar-refractivity contribution is -0.122. The third kappa shape index (κ3) is 4.45. The highest BCUT2D eigenvalue weighted by atomic mass is 35.5. The molecule has 0 aromatic carbocycles. The van der Waals surface area contributed by atoms with Gasteiger partial charge in [-0.3, -0.25) is 4.79 Å². The number of carbonyl (C=O) groups is 1. The van der Waals surface area contributed by atoms with E-state index in [1.165, 1.54) is 0 Å². The molecule has 1 atom stereocenters. The molecule has 1 aromatic heterocycles. The summed E-state index contributed by atoms with van der Waals surface area (Å²) < 4.78 is 5.17. The van der Waals surface area contributed by atoms with Crippen molar-refractivity contribution in [1.82, 2.24) is 20.8 Å². The van der Waals surface area contributed by atoms with E-state index in [0.29, 0.717) is 24.7 Å². The Morgan fingerprint density at radius 3 is 2.80 bits per heavy atom. The monoisotopic (exact) mass is 302 g/mol. The van der Waals surface area contributed by atoms with Crippen molar-refractivity contribution in [3.05, 3.63) is 11.7 Å². The van der Waals surface area contributed by atoms with Gasteiger partial charge in [-0.1, -0.05) is 25.9 Å². The molecule has 1 aliphatic rings. The third-order valence-corrected chi connectivity index (χ3v) is 3.15. The van der Waals surface area contributed by atoms with E-state index in [0.717, 1.165) is 19.4 Å². The standard InChI is InChI=1S/C13H22N4O2.ClH/c1-13(2,3)12-16-10(19-17-12)6-8-15-11(18)9-5-4-7-14-9;/h9,14H,4-8H2,1-3H3,(H,15,18);1H. The minimum absolute atomic E-state index is 0. The van der Waals surface area contributed by atoms with Crippen molar-refractivity contribution in [3.8, 4) is 0 Å². The molecule has 0 aliphatic carbocycles. The van der Waals surface area contributed by atoms with Crippen molar-refractivity contribution in [1.29, 1.82) is 0 Å². The summed E-state index contributed by atoms with van der Waals surface area (Å²) in [6, 6.07) is -0.0344. The zero-order valence-corrected chi connectivity index (χ0v) is 13.0. The highest BCUT2D eigenvalue weighted by Crippen LogP contribution is 2.18. The molecule has 7 heteroatoms. The van der Waals surface area contributed by atoms with Gasteiger partial charge < -0.3 is 15.2 Å². The quantitative estimate of drug-likeness (QED) is 0.873. The molecule has 6 nitrogen and oxygen atoms in total. The van der Waals surface area contributed by atoms with Crippen molar-refractivity contribution in [3.63, 3.8) is 0 Å². The molecule has 1 aromatic rings. The van der Waals surface area contributed by atoms with Gasteiger partial charge >= 0.3 is 0 Å². The second kappa shape index (κ2) is 7.04. The molecule has 1 amide bonds. The molecular formula is C13H23ClN4O2. The first-order chi connectivity index (χ1) is 8.97. The summed E-state index contributed by atoms with van der Waals surface area (Å²) in [4.78, 5) is 16.1. The smallest absolute Gasteiger partial charge is 0.237 e. The van der Waals surface area contributed by atoms with Gasteiger partial charge in [0.25, 0.3) is 0 Å². The van der Waals surface area contributed by atoms with Gasteiger partial charge in [0, 0.05) is 18.4 Å². The third-order valence-electron chi connectivity index (χ3n) is 3.15. The van der Waals surface area contributed by atoms with Crippen molar-refractivity contribution in [2.75, 3.05) is 13.1 Å². The first-order valence-corrected chi connectivity index (χ1v) is 6.81. The van der Waals surface area contributed by atoms with Crippen LogP contribution in [0.4, 0.5) is 0 Å². The molecule has 0 spiro atoms. The summed E-state index contributed by atoms with van der Waals surface area (Å²) in [5, 5.41) is 10.0. The van der Waals surface area contributed by atoms with Crippen LogP contribution in [0.3, 0.4) is 0 Å². The largest absolute Gasteiger partial charge is 0.354 e. The molecule has 1 fully saturated rings. The molecule has 0 bridgehead atoms. The average molecular weight is 303 g/mol. The summed E-state index contributed by atoms with van der Waals surface area (Å²) in [7, 11) is 0. The number of hydrogen-bond donors (Lipinski definition) is 2. The van der Waals surface area contributed by atoms with E-state index < -0.39 is 0 Å². The second-order valence-electron chi connectivity index (χ2n) is 5.95. The fourth-order valence-corrected chi connectivity index (χ4v) is 1.99. The van der Waals surface area contributed by atoms with Gasteiger partial charge in [0.2, 0.25) is 11.8 Å². The number of aromatic nitrogens is 2. The highest BCUT2D eigenvalue weighted by molar-refractivity contribution is 5.85. The molecule has 1 aliphatic heterocycles. The van der Waals surface area contributed by atoms with Gasteiger partial charge in [-0.15, -0.1) is 12.4 Å². The average Bonchev–Trinajstić information content (AvgIpc) is 2.99. The van der Waals surface area contributed by atoms with Gasteiger partial charge in [-0.2, -0.15) is 4.98 Å². The molecule has 1 saturated heterocycles. The lowest BCUT2D eigenvalue weighted by atomic mass is 9.96. The minimum atomic E-state index is -0.112. The van der Waals surface area contributed by atoms with E-state index in [-0.39, 0.29) is 29.8 Å². The zero-order chi connectivity index (χ0) is 13.9. The van der Waals surface area contributed by atoms with Crippen LogP contribution in [0.1, 0.15) is 45.3 Å². The summed E-state index contributed by atoms with van der Waals surface area (Å²) in [5.41, 5.74) is -0.112. The van der Waals surface area contributed by atoms with Crippen LogP contribution in [0.2, 0.25) is 0 Å². The number of rotatable bonds is 4. The van der Waals surface area contributed by atoms with E-state index >= 15 is 0 Å². The second-order valence-corrected chi connectivity index (χ2v) is 5.95. The van der Waals surface area contributed by atoms with Crippen molar-refractivity contribution < 1.29 is 9.32 Å². The van der Waals surface area contributed by atoms with Crippen LogP contribution in [-0.2, 0) is 16.6 Å². The summed E-state index contributed by atoms with van der Waals surface area (Å²) in [6.45, 7) is 7.57. The molecular weight excluding hydrogens is 280 g/mol. The van der Waals surface area contributed by atoms with E-state index in [1.54, 1.807) is 0 Å². The fourth-order valence-electron chi connectivity index (χ4n) is 1.99. The van der Waals surface area contributed by atoms with E-state index in [2.05, 4.69) is 20.8 Å². The molecule has 0 radical (unpaired) electrons. The van der Waals surface area contributed by atoms with Crippen LogP contribution in [0.25, 0.3) is 0 Å². The van der Waals surface area contributed by atoms with Gasteiger partial charge in [0.05, 0.1) is 6.04 Å². The predicted octanol–water partition coefficient (Wildman–Crippen LogP) is 1.20. The Bertz CT molecular complexity index is 436. The number of halogens is 1. The Morgan fingerprint density at radius 1 is 1.50 bits per heavy atom. The molecule has 1 unspecified atom stereocenters. The summed E-state index contributed by atoms with van der Waals surface area (Å²) in [6.07, 6.45) is 2.55.